The quantitative estimate of drug-likeness (QED) is 0.670. The third-order valence-corrected chi connectivity index (χ3v) is 4.45. The first-order chi connectivity index (χ1) is 11.6. The molecule has 1 aliphatic heterocycles. The minimum Gasteiger partial charge on any atom is -0.329 e. The lowest BCUT2D eigenvalue weighted by atomic mass is 10.1. The summed E-state index contributed by atoms with van der Waals surface area (Å²) >= 11 is 6.09. The SMILES string of the molecule is O=c1ccn(-c2nc(Cl)nc3c2ccn3C2CCNCC2)c(=O)[nH]1. The minimum atomic E-state index is -0.562. The highest BCUT2D eigenvalue weighted by Gasteiger charge is 2.20. The predicted octanol–water partition coefficient (Wildman–Crippen LogP) is 0.848. The summed E-state index contributed by atoms with van der Waals surface area (Å²) in [5.41, 5.74) is -0.330. The Hall–Kier alpha value is -2.45. The lowest BCUT2D eigenvalue weighted by molar-refractivity contribution is 0.375. The Morgan fingerprint density at radius 1 is 1.12 bits per heavy atom. The van der Waals surface area contributed by atoms with Gasteiger partial charge in [0.1, 0.15) is 5.65 Å². The topological polar surface area (TPSA) is 97.6 Å². The van der Waals surface area contributed by atoms with Crippen molar-refractivity contribution in [2.75, 3.05) is 13.1 Å². The molecule has 0 aromatic carbocycles. The van der Waals surface area contributed by atoms with E-state index in [0.29, 0.717) is 22.9 Å². The average molecular weight is 347 g/mol. The molecular formula is C15H15ClN6O2. The van der Waals surface area contributed by atoms with Crippen LogP contribution < -0.4 is 16.6 Å². The first-order valence-electron chi connectivity index (χ1n) is 7.70. The van der Waals surface area contributed by atoms with Gasteiger partial charge in [0.25, 0.3) is 5.56 Å². The maximum Gasteiger partial charge on any atom is 0.334 e. The van der Waals surface area contributed by atoms with Crippen LogP contribution in [-0.2, 0) is 0 Å². The van der Waals surface area contributed by atoms with E-state index in [9.17, 15) is 9.59 Å². The molecule has 8 nitrogen and oxygen atoms in total. The van der Waals surface area contributed by atoms with Crippen LogP contribution in [0.5, 0.6) is 0 Å². The molecule has 0 amide bonds. The fourth-order valence-electron chi connectivity index (χ4n) is 3.14. The Bertz CT molecular complexity index is 1010. The van der Waals surface area contributed by atoms with Gasteiger partial charge in [0.2, 0.25) is 5.28 Å². The third-order valence-electron chi connectivity index (χ3n) is 4.28. The van der Waals surface area contributed by atoms with Gasteiger partial charge in [-0.3, -0.25) is 14.3 Å². The fourth-order valence-corrected chi connectivity index (χ4v) is 3.30. The summed E-state index contributed by atoms with van der Waals surface area (Å²) in [4.78, 5) is 34.1. The summed E-state index contributed by atoms with van der Waals surface area (Å²) in [5, 5.41) is 4.11. The molecule has 0 atom stereocenters. The van der Waals surface area contributed by atoms with Crippen molar-refractivity contribution in [3.8, 4) is 5.82 Å². The van der Waals surface area contributed by atoms with Crippen LogP contribution in [-0.4, -0.2) is 37.2 Å². The van der Waals surface area contributed by atoms with Crippen molar-refractivity contribution in [2.24, 2.45) is 0 Å². The van der Waals surface area contributed by atoms with Gasteiger partial charge in [-0.15, -0.1) is 0 Å². The number of aromatic nitrogens is 5. The van der Waals surface area contributed by atoms with Crippen molar-refractivity contribution >= 4 is 22.6 Å². The van der Waals surface area contributed by atoms with Crippen molar-refractivity contribution in [3.05, 3.63) is 50.6 Å². The first-order valence-corrected chi connectivity index (χ1v) is 8.08. The summed E-state index contributed by atoms with van der Waals surface area (Å²) in [6, 6.07) is 3.48. The molecule has 9 heteroatoms. The number of piperidine rings is 1. The Morgan fingerprint density at radius 3 is 2.67 bits per heavy atom. The van der Waals surface area contributed by atoms with Gasteiger partial charge in [-0.25, -0.2) is 4.79 Å². The summed E-state index contributed by atoms with van der Waals surface area (Å²) in [5.74, 6) is 0.360. The average Bonchev–Trinajstić information content (AvgIpc) is 2.99. The number of halogens is 1. The second-order valence-electron chi connectivity index (χ2n) is 5.74. The summed E-state index contributed by atoms with van der Waals surface area (Å²) in [6.45, 7) is 1.91. The Morgan fingerprint density at radius 2 is 1.92 bits per heavy atom. The lowest BCUT2D eigenvalue weighted by Crippen LogP contribution is -2.29. The van der Waals surface area contributed by atoms with E-state index in [2.05, 4.69) is 24.8 Å². The molecule has 1 fully saturated rings. The monoisotopic (exact) mass is 346 g/mol. The summed E-state index contributed by atoms with van der Waals surface area (Å²) < 4.78 is 3.36. The Kier molecular flexibility index (Phi) is 3.70. The molecule has 0 radical (unpaired) electrons. The van der Waals surface area contributed by atoms with Crippen LogP contribution in [0, 0.1) is 0 Å². The highest BCUT2D eigenvalue weighted by Crippen LogP contribution is 2.27. The number of hydrogen-bond acceptors (Lipinski definition) is 5. The molecular weight excluding hydrogens is 332 g/mol. The number of H-pyrrole nitrogens is 1. The molecule has 0 unspecified atom stereocenters. The molecule has 1 aliphatic rings. The zero-order valence-electron chi connectivity index (χ0n) is 12.7. The zero-order chi connectivity index (χ0) is 16.7. The van der Waals surface area contributed by atoms with Gasteiger partial charge in [-0.05, 0) is 43.6 Å². The van der Waals surface area contributed by atoms with E-state index in [1.807, 2.05) is 12.3 Å². The summed E-state index contributed by atoms with van der Waals surface area (Å²) in [6.07, 6.45) is 5.34. The van der Waals surface area contributed by atoms with Crippen LogP contribution in [0.15, 0.2) is 34.1 Å². The van der Waals surface area contributed by atoms with Crippen molar-refractivity contribution < 1.29 is 0 Å². The second-order valence-corrected chi connectivity index (χ2v) is 6.08. The molecule has 24 heavy (non-hydrogen) atoms. The van der Waals surface area contributed by atoms with E-state index in [4.69, 9.17) is 11.6 Å². The molecule has 0 aliphatic carbocycles. The molecule has 0 bridgehead atoms. The van der Waals surface area contributed by atoms with Crippen LogP contribution in [0.3, 0.4) is 0 Å². The van der Waals surface area contributed by atoms with E-state index in [1.165, 1.54) is 16.8 Å². The number of hydrogen-bond donors (Lipinski definition) is 2. The second kappa shape index (κ2) is 5.88. The molecule has 4 heterocycles. The van der Waals surface area contributed by atoms with E-state index >= 15 is 0 Å². The highest BCUT2D eigenvalue weighted by molar-refractivity contribution is 6.28. The lowest BCUT2D eigenvalue weighted by Gasteiger charge is -2.24. The van der Waals surface area contributed by atoms with E-state index in [-0.39, 0.29) is 5.28 Å². The largest absolute Gasteiger partial charge is 0.334 e. The van der Waals surface area contributed by atoms with E-state index in [0.717, 1.165) is 25.9 Å². The van der Waals surface area contributed by atoms with Crippen LogP contribution in [0.4, 0.5) is 0 Å². The number of aromatic amines is 1. The molecule has 2 N–H and O–H groups in total. The number of rotatable bonds is 2. The van der Waals surface area contributed by atoms with E-state index in [1.54, 1.807) is 0 Å². The van der Waals surface area contributed by atoms with Gasteiger partial charge in [-0.2, -0.15) is 9.97 Å². The molecule has 4 rings (SSSR count). The van der Waals surface area contributed by atoms with Gasteiger partial charge in [-0.1, -0.05) is 0 Å². The minimum absolute atomic E-state index is 0.0597. The Balaban J connectivity index is 1.92. The van der Waals surface area contributed by atoms with Crippen molar-refractivity contribution in [2.45, 2.75) is 18.9 Å². The molecule has 3 aromatic heterocycles. The van der Waals surface area contributed by atoms with Crippen LogP contribution in [0.2, 0.25) is 5.28 Å². The van der Waals surface area contributed by atoms with Crippen molar-refractivity contribution in [3.63, 3.8) is 0 Å². The van der Waals surface area contributed by atoms with Crippen LogP contribution in [0.25, 0.3) is 16.9 Å². The maximum absolute atomic E-state index is 12.1. The molecule has 124 valence electrons. The molecule has 0 saturated carbocycles. The zero-order valence-corrected chi connectivity index (χ0v) is 13.5. The standard InChI is InChI=1S/C15H15ClN6O2/c16-14-19-12-10(3-7-21(12)9-1-5-17-6-2-9)13(20-14)22-8-4-11(23)18-15(22)24/h3-4,7-9,17H,1-2,5-6H2,(H,18,23,24). The third kappa shape index (κ3) is 2.53. The van der Waals surface area contributed by atoms with Crippen LogP contribution >= 0.6 is 11.6 Å². The number of nitrogens with one attached hydrogen (secondary N) is 2. The molecule has 1 saturated heterocycles. The van der Waals surface area contributed by atoms with Crippen LogP contribution in [0.1, 0.15) is 18.9 Å². The van der Waals surface area contributed by atoms with E-state index < -0.39 is 11.2 Å². The molecule has 0 spiro atoms. The van der Waals surface area contributed by atoms with Gasteiger partial charge in [0, 0.05) is 24.5 Å². The van der Waals surface area contributed by atoms with Gasteiger partial charge >= 0.3 is 5.69 Å². The molecule has 3 aromatic rings. The van der Waals surface area contributed by atoms with Gasteiger partial charge in [0.05, 0.1) is 5.39 Å². The summed E-state index contributed by atoms with van der Waals surface area (Å²) in [7, 11) is 0. The van der Waals surface area contributed by atoms with Crippen molar-refractivity contribution in [1.82, 2.24) is 29.4 Å². The fraction of sp³-hybridized carbons (Fsp3) is 0.333. The number of nitrogens with zero attached hydrogens (tertiary/aromatic N) is 4. The predicted molar refractivity (Wildman–Crippen MR) is 89.9 cm³/mol. The first kappa shape index (κ1) is 15.1. The Labute approximate surface area is 141 Å². The normalized spacial score (nSPS) is 15.9. The number of fused-ring (bicyclic) bond motifs is 1. The van der Waals surface area contributed by atoms with Gasteiger partial charge < -0.3 is 9.88 Å². The van der Waals surface area contributed by atoms with Gasteiger partial charge in [0.15, 0.2) is 5.82 Å². The van der Waals surface area contributed by atoms with Crippen molar-refractivity contribution in [1.29, 1.82) is 0 Å². The smallest absolute Gasteiger partial charge is 0.329 e. The highest BCUT2D eigenvalue weighted by atomic mass is 35.5. The maximum atomic E-state index is 12.1.